The number of rotatable bonds is 4. The Balaban J connectivity index is 2.41. The van der Waals surface area contributed by atoms with E-state index < -0.39 is 23.5 Å². The van der Waals surface area contributed by atoms with Gasteiger partial charge >= 0.3 is 5.97 Å². The number of fused-ring (bicyclic) bond motifs is 1. The fourth-order valence-electron chi connectivity index (χ4n) is 1.83. The predicted octanol–water partition coefficient (Wildman–Crippen LogP) is 0.129. The number of aromatic nitrogens is 2. The lowest BCUT2D eigenvalue weighted by molar-refractivity contribution is -0.139. The Morgan fingerprint density at radius 1 is 1.38 bits per heavy atom. The number of nitrogens with one attached hydrogen (secondary N) is 2. The zero-order valence-corrected chi connectivity index (χ0v) is 10.8. The molecule has 1 amide bonds. The zero-order valence-electron chi connectivity index (χ0n) is 10.8. The van der Waals surface area contributed by atoms with Crippen LogP contribution in [0.2, 0.25) is 0 Å². The van der Waals surface area contributed by atoms with Crippen LogP contribution in [0.15, 0.2) is 29.1 Å². The van der Waals surface area contributed by atoms with Gasteiger partial charge in [0.1, 0.15) is 6.04 Å². The van der Waals surface area contributed by atoms with E-state index in [1.807, 2.05) is 0 Å². The first kappa shape index (κ1) is 14.3. The highest BCUT2D eigenvalue weighted by Crippen LogP contribution is 2.12. The number of carboxylic acid groups (broad SMARTS) is 1. The summed E-state index contributed by atoms with van der Waals surface area (Å²) in [5.74, 6) is 0.220. The van der Waals surface area contributed by atoms with Gasteiger partial charge in [-0.2, -0.15) is 5.10 Å². The maximum absolute atomic E-state index is 12.1. The first-order valence-corrected chi connectivity index (χ1v) is 5.99. The van der Waals surface area contributed by atoms with Crippen molar-refractivity contribution in [3.8, 4) is 12.3 Å². The number of hydrogen-bond acceptors (Lipinski definition) is 4. The Morgan fingerprint density at radius 3 is 2.67 bits per heavy atom. The van der Waals surface area contributed by atoms with Crippen LogP contribution in [0.5, 0.6) is 0 Å². The fourth-order valence-corrected chi connectivity index (χ4v) is 1.83. The molecule has 1 aromatic carbocycles. The third kappa shape index (κ3) is 2.90. The summed E-state index contributed by atoms with van der Waals surface area (Å²) in [5, 5.41) is 17.8. The average molecular weight is 285 g/mol. The number of carboxylic acids is 1. The summed E-state index contributed by atoms with van der Waals surface area (Å²) >= 11 is 0. The number of nitrogens with zero attached hydrogens (tertiary/aromatic N) is 1. The molecule has 7 heteroatoms. The van der Waals surface area contributed by atoms with Gasteiger partial charge in [-0.1, -0.05) is 18.2 Å². The standard InChI is InChI=1S/C14H11N3O4/c1-2-5-10(14(20)21)15-13(19)11-8-6-3-4-7-9(8)12(18)17-16-11/h1,3-4,6-7,10H,5H2,(H,15,19)(H,17,18)(H,20,21). The molecule has 0 radical (unpaired) electrons. The fraction of sp³-hybridized carbons (Fsp3) is 0.143. The van der Waals surface area contributed by atoms with Crippen molar-refractivity contribution >= 4 is 22.6 Å². The molecule has 1 atom stereocenters. The Morgan fingerprint density at radius 2 is 2.05 bits per heavy atom. The summed E-state index contributed by atoms with van der Waals surface area (Å²) in [6, 6.07) is 5.19. The molecule has 0 fully saturated rings. The minimum atomic E-state index is -1.24. The van der Waals surface area contributed by atoms with E-state index in [0.29, 0.717) is 10.8 Å². The number of aromatic amines is 1. The van der Waals surface area contributed by atoms with Gasteiger partial charge < -0.3 is 10.4 Å². The molecule has 0 aliphatic heterocycles. The van der Waals surface area contributed by atoms with E-state index >= 15 is 0 Å². The molecule has 7 nitrogen and oxygen atoms in total. The molecule has 0 aliphatic rings. The van der Waals surface area contributed by atoms with E-state index in [9.17, 15) is 14.4 Å². The molecule has 0 aliphatic carbocycles. The van der Waals surface area contributed by atoms with Gasteiger partial charge in [0.2, 0.25) is 0 Å². The number of benzene rings is 1. The second kappa shape index (κ2) is 5.88. The molecule has 21 heavy (non-hydrogen) atoms. The van der Waals surface area contributed by atoms with Crippen molar-refractivity contribution in [2.45, 2.75) is 12.5 Å². The van der Waals surface area contributed by atoms with E-state index in [-0.39, 0.29) is 12.1 Å². The van der Waals surface area contributed by atoms with Crippen LogP contribution in [0.1, 0.15) is 16.9 Å². The van der Waals surface area contributed by atoms with Gasteiger partial charge in [-0.25, -0.2) is 9.89 Å². The van der Waals surface area contributed by atoms with E-state index in [1.54, 1.807) is 24.3 Å². The van der Waals surface area contributed by atoms with Gasteiger partial charge in [-0.05, 0) is 6.07 Å². The molecule has 0 saturated heterocycles. The summed E-state index contributed by atoms with van der Waals surface area (Å²) in [5.41, 5.74) is -0.492. The van der Waals surface area contributed by atoms with E-state index in [1.165, 1.54) is 0 Å². The van der Waals surface area contributed by atoms with Crippen LogP contribution in [0.3, 0.4) is 0 Å². The van der Waals surface area contributed by atoms with Gasteiger partial charge in [0.25, 0.3) is 11.5 Å². The van der Waals surface area contributed by atoms with Crippen molar-refractivity contribution in [3.05, 3.63) is 40.3 Å². The molecule has 3 N–H and O–H groups in total. The third-order valence-electron chi connectivity index (χ3n) is 2.84. The van der Waals surface area contributed by atoms with E-state index in [4.69, 9.17) is 11.5 Å². The molecular weight excluding hydrogens is 274 g/mol. The second-order valence-electron chi connectivity index (χ2n) is 4.22. The number of carbonyl (C=O) groups is 2. The normalized spacial score (nSPS) is 11.6. The van der Waals surface area contributed by atoms with Gasteiger partial charge in [-0.3, -0.25) is 9.59 Å². The van der Waals surface area contributed by atoms with Crippen molar-refractivity contribution < 1.29 is 14.7 Å². The lowest BCUT2D eigenvalue weighted by atomic mass is 10.1. The van der Waals surface area contributed by atoms with Gasteiger partial charge in [-0.15, -0.1) is 12.3 Å². The summed E-state index contributed by atoms with van der Waals surface area (Å²) in [6.07, 6.45) is 4.91. The Bertz CT molecular complexity index is 804. The summed E-state index contributed by atoms with van der Waals surface area (Å²) in [6.45, 7) is 0. The first-order chi connectivity index (χ1) is 10.0. The number of carbonyl (C=O) groups excluding carboxylic acids is 1. The highest BCUT2D eigenvalue weighted by Gasteiger charge is 2.22. The van der Waals surface area contributed by atoms with Crippen LogP contribution in [0, 0.1) is 12.3 Å². The molecule has 0 saturated carbocycles. The SMILES string of the molecule is C#CCC(NC(=O)c1n[nH]c(=O)c2ccccc12)C(=O)O. The first-order valence-electron chi connectivity index (χ1n) is 5.99. The zero-order chi connectivity index (χ0) is 15.4. The van der Waals surface area contributed by atoms with Crippen LogP contribution in [-0.2, 0) is 4.79 Å². The molecule has 1 heterocycles. The lowest BCUT2D eigenvalue weighted by Crippen LogP contribution is -2.41. The minimum absolute atomic E-state index is 0.0616. The summed E-state index contributed by atoms with van der Waals surface area (Å²) in [4.78, 5) is 34.7. The summed E-state index contributed by atoms with van der Waals surface area (Å²) < 4.78 is 0. The molecule has 1 unspecified atom stereocenters. The van der Waals surface area contributed by atoms with Gasteiger partial charge in [0.15, 0.2) is 5.69 Å². The number of aliphatic carboxylic acids is 1. The highest BCUT2D eigenvalue weighted by atomic mass is 16.4. The number of H-pyrrole nitrogens is 1. The monoisotopic (exact) mass is 285 g/mol. The molecule has 2 rings (SSSR count). The second-order valence-corrected chi connectivity index (χ2v) is 4.22. The van der Waals surface area contributed by atoms with Crippen molar-refractivity contribution in [2.24, 2.45) is 0 Å². The number of hydrogen-bond donors (Lipinski definition) is 3. The van der Waals surface area contributed by atoms with Crippen molar-refractivity contribution in [3.63, 3.8) is 0 Å². The van der Waals surface area contributed by atoms with Crippen LogP contribution in [0.4, 0.5) is 0 Å². The summed E-state index contributed by atoms with van der Waals surface area (Å²) in [7, 11) is 0. The van der Waals surface area contributed by atoms with Gasteiger partial charge in [0, 0.05) is 11.8 Å². The Kier molecular flexibility index (Phi) is 4.00. The molecule has 2 aromatic rings. The number of terminal acetylenes is 1. The van der Waals surface area contributed by atoms with Crippen LogP contribution >= 0.6 is 0 Å². The highest BCUT2D eigenvalue weighted by molar-refractivity contribution is 6.05. The van der Waals surface area contributed by atoms with E-state index in [2.05, 4.69) is 21.4 Å². The van der Waals surface area contributed by atoms with Crippen LogP contribution in [0.25, 0.3) is 10.8 Å². The quantitative estimate of drug-likeness (QED) is 0.691. The topological polar surface area (TPSA) is 112 Å². The lowest BCUT2D eigenvalue weighted by Gasteiger charge is -2.12. The smallest absolute Gasteiger partial charge is 0.327 e. The predicted molar refractivity (Wildman–Crippen MR) is 74.7 cm³/mol. The van der Waals surface area contributed by atoms with Crippen molar-refractivity contribution in [2.75, 3.05) is 0 Å². The Labute approximate surface area is 119 Å². The maximum atomic E-state index is 12.1. The van der Waals surface area contributed by atoms with Crippen molar-refractivity contribution in [1.29, 1.82) is 0 Å². The molecular formula is C14H11N3O4. The molecule has 0 bridgehead atoms. The molecule has 1 aromatic heterocycles. The Hall–Kier alpha value is -3.14. The third-order valence-corrected chi connectivity index (χ3v) is 2.84. The largest absolute Gasteiger partial charge is 0.480 e. The molecule has 106 valence electrons. The van der Waals surface area contributed by atoms with E-state index in [0.717, 1.165) is 0 Å². The van der Waals surface area contributed by atoms with Crippen LogP contribution < -0.4 is 10.9 Å². The molecule has 0 spiro atoms. The maximum Gasteiger partial charge on any atom is 0.327 e. The number of amides is 1. The van der Waals surface area contributed by atoms with Crippen LogP contribution in [-0.4, -0.2) is 33.2 Å². The average Bonchev–Trinajstić information content (AvgIpc) is 2.47. The minimum Gasteiger partial charge on any atom is -0.480 e. The van der Waals surface area contributed by atoms with Gasteiger partial charge in [0.05, 0.1) is 5.39 Å². The van der Waals surface area contributed by atoms with Crippen molar-refractivity contribution in [1.82, 2.24) is 15.5 Å².